The Labute approximate surface area is 179 Å². The Hall–Kier alpha value is -4.19. The fourth-order valence-corrected chi connectivity index (χ4v) is 3.06. The van der Waals surface area contributed by atoms with Gasteiger partial charge in [-0.2, -0.15) is 0 Å². The first-order valence-corrected chi connectivity index (χ1v) is 9.80. The second kappa shape index (κ2) is 9.09. The minimum atomic E-state index is -0.982. The van der Waals surface area contributed by atoms with Crippen LogP contribution < -0.4 is 5.32 Å². The lowest BCUT2D eigenvalue weighted by atomic mass is 10.0. The van der Waals surface area contributed by atoms with Gasteiger partial charge in [-0.3, -0.25) is 4.79 Å². The van der Waals surface area contributed by atoms with E-state index in [-0.39, 0.29) is 5.89 Å². The number of benzene rings is 3. The second-order valence-electron chi connectivity index (χ2n) is 6.83. The normalized spacial score (nSPS) is 12.0. The average Bonchev–Trinajstić information content (AvgIpc) is 3.22. The maximum atomic E-state index is 12.6. The van der Waals surface area contributed by atoms with Crippen LogP contribution in [0.4, 0.5) is 5.69 Å². The van der Waals surface area contributed by atoms with Crippen LogP contribution in [-0.4, -0.2) is 23.0 Å². The minimum Gasteiger partial charge on any atom is -0.449 e. The number of para-hydroxylation sites is 3. The summed E-state index contributed by atoms with van der Waals surface area (Å²) < 4.78 is 10.7. The molecule has 1 amide bonds. The topological polar surface area (TPSA) is 81.4 Å². The molecule has 1 aromatic heterocycles. The molecule has 6 heteroatoms. The number of carbonyl (C=O) groups is 2. The van der Waals surface area contributed by atoms with E-state index in [1.807, 2.05) is 72.8 Å². The van der Waals surface area contributed by atoms with Crippen LogP contribution in [0.2, 0.25) is 0 Å². The zero-order chi connectivity index (χ0) is 21.6. The summed E-state index contributed by atoms with van der Waals surface area (Å²) in [6.45, 7) is 1.52. The van der Waals surface area contributed by atoms with Gasteiger partial charge in [-0.15, -0.1) is 0 Å². The van der Waals surface area contributed by atoms with Crippen molar-refractivity contribution in [2.75, 3.05) is 5.32 Å². The SMILES string of the molecule is CC(OC(=O)/C=C/c1nc2ccccc2o1)C(=O)Nc1ccccc1-c1ccccc1. The van der Waals surface area contributed by atoms with E-state index in [4.69, 9.17) is 9.15 Å². The van der Waals surface area contributed by atoms with Crippen LogP contribution in [0.1, 0.15) is 12.8 Å². The van der Waals surface area contributed by atoms with Crippen molar-refractivity contribution in [3.05, 3.63) is 90.8 Å². The number of aromatic nitrogens is 1. The van der Waals surface area contributed by atoms with Crippen LogP contribution in [0.25, 0.3) is 28.3 Å². The smallest absolute Gasteiger partial charge is 0.331 e. The number of oxazole rings is 1. The van der Waals surface area contributed by atoms with E-state index in [1.54, 1.807) is 6.07 Å². The maximum absolute atomic E-state index is 12.6. The van der Waals surface area contributed by atoms with Gasteiger partial charge in [0.1, 0.15) is 5.52 Å². The van der Waals surface area contributed by atoms with Crippen molar-refractivity contribution in [2.24, 2.45) is 0 Å². The Morgan fingerprint density at radius 2 is 1.68 bits per heavy atom. The van der Waals surface area contributed by atoms with Crippen LogP contribution in [-0.2, 0) is 14.3 Å². The summed E-state index contributed by atoms with van der Waals surface area (Å²) in [6, 6.07) is 24.5. The molecule has 0 aliphatic rings. The van der Waals surface area contributed by atoms with Crippen molar-refractivity contribution in [2.45, 2.75) is 13.0 Å². The fourth-order valence-electron chi connectivity index (χ4n) is 3.06. The van der Waals surface area contributed by atoms with E-state index in [2.05, 4.69) is 10.3 Å². The van der Waals surface area contributed by atoms with E-state index in [0.717, 1.165) is 11.1 Å². The van der Waals surface area contributed by atoms with Crippen LogP contribution in [0.15, 0.2) is 89.4 Å². The van der Waals surface area contributed by atoms with Crippen LogP contribution >= 0.6 is 0 Å². The first kappa shape index (κ1) is 20.1. The summed E-state index contributed by atoms with van der Waals surface area (Å²) in [5, 5.41) is 2.83. The highest BCUT2D eigenvalue weighted by atomic mass is 16.5. The molecule has 0 bridgehead atoms. The van der Waals surface area contributed by atoms with Crippen molar-refractivity contribution >= 4 is 34.7 Å². The fraction of sp³-hybridized carbons (Fsp3) is 0.0800. The van der Waals surface area contributed by atoms with E-state index in [9.17, 15) is 9.59 Å². The predicted molar refractivity (Wildman–Crippen MR) is 119 cm³/mol. The molecule has 0 saturated carbocycles. The third-order valence-corrected chi connectivity index (χ3v) is 4.60. The Morgan fingerprint density at radius 1 is 0.968 bits per heavy atom. The van der Waals surface area contributed by atoms with Gasteiger partial charge in [0, 0.05) is 23.4 Å². The summed E-state index contributed by atoms with van der Waals surface area (Å²) in [5.74, 6) is -0.805. The number of hydrogen-bond acceptors (Lipinski definition) is 5. The second-order valence-corrected chi connectivity index (χ2v) is 6.83. The minimum absolute atomic E-state index is 0.284. The molecule has 0 aliphatic carbocycles. The van der Waals surface area contributed by atoms with Crippen molar-refractivity contribution < 1.29 is 18.7 Å². The highest BCUT2D eigenvalue weighted by Crippen LogP contribution is 2.27. The number of nitrogens with one attached hydrogen (secondary N) is 1. The molecule has 0 fully saturated rings. The van der Waals surface area contributed by atoms with Gasteiger partial charge >= 0.3 is 5.97 Å². The molecule has 0 aliphatic heterocycles. The lowest BCUT2D eigenvalue weighted by Crippen LogP contribution is -2.29. The van der Waals surface area contributed by atoms with Gasteiger partial charge in [-0.25, -0.2) is 9.78 Å². The molecular weight excluding hydrogens is 392 g/mol. The molecule has 3 aromatic carbocycles. The van der Waals surface area contributed by atoms with Gasteiger partial charge in [-0.05, 0) is 30.7 Å². The molecule has 6 nitrogen and oxygen atoms in total. The number of ether oxygens (including phenoxy) is 1. The van der Waals surface area contributed by atoms with E-state index in [1.165, 1.54) is 19.1 Å². The summed E-state index contributed by atoms with van der Waals surface area (Å²) in [6.07, 6.45) is 1.62. The summed E-state index contributed by atoms with van der Waals surface area (Å²) in [5.41, 5.74) is 3.82. The molecule has 4 aromatic rings. The Bertz CT molecular complexity index is 1210. The molecular formula is C25H20N2O4. The van der Waals surface area contributed by atoms with Crippen molar-refractivity contribution in [1.82, 2.24) is 4.98 Å². The number of anilines is 1. The van der Waals surface area contributed by atoms with Crippen molar-refractivity contribution in [1.29, 1.82) is 0 Å². The molecule has 1 heterocycles. The number of amides is 1. The van der Waals surface area contributed by atoms with E-state index < -0.39 is 18.0 Å². The molecule has 31 heavy (non-hydrogen) atoms. The van der Waals surface area contributed by atoms with Gasteiger partial charge in [0.05, 0.1) is 0 Å². The first-order chi connectivity index (χ1) is 15.1. The Balaban J connectivity index is 1.39. The first-order valence-electron chi connectivity index (χ1n) is 9.80. The third kappa shape index (κ3) is 4.87. The number of hydrogen-bond donors (Lipinski definition) is 1. The Kier molecular flexibility index (Phi) is 5.89. The molecule has 154 valence electrons. The zero-order valence-electron chi connectivity index (χ0n) is 16.8. The predicted octanol–water partition coefficient (Wildman–Crippen LogP) is 5.08. The monoisotopic (exact) mass is 412 g/mol. The number of esters is 1. The van der Waals surface area contributed by atoms with E-state index in [0.29, 0.717) is 16.8 Å². The maximum Gasteiger partial charge on any atom is 0.331 e. The van der Waals surface area contributed by atoms with Gasteiger partial charge in [0.25, 0.3) is 5.91 Å². The molecule has 0 saturated heterocycles. The van der Waals surface area contributed by atoms with Crippen LogP contribution in [0.3, 0.4) is 0 Å². The molecule has 4 rings (SSSR count). The highest BCUT2D eigenvalue weighted by molar-refractivity contribution is 5.99. The molecule has 1 unspecified atom stereocenters. The van der Waals surface area contributed by atoms with Crippen LogP contribution in [0.5, 0.6) is 0 Å². The highest BCUT2D eigenvalue weighted by Gasteiger charge is 2.18. The number of nitrogens with zero attached hydrogens (tertiary/aromatic N) is 1. The Morgan fingerprint density at radius 3 is 2.48 bits per heavy atom. The van der Waals surface area contributed by atoms with Crippen molar-refractivity contribution in [3.8, 4) is 11.1 Å². The molecule has 0 spiro atoms. The van der Waals surface area contributed by atoms with Crippen LogP contribution in [0, 0.1) is 0 Å². The number of fused-ring (bicyclic) bond motifs is 1. The van der Waals surface area contributed by atoms with Crippen molar-refractivity contribution in [3.63, 3.8) is 0 Å². The third-order valence-electron chi connectivity index (χ3n) is 4.60. The average molecular weight is 412 g/mol. The van der Waals surface area contributed by atoms with Gasteiger partial charge in [0.2, 0.25) is 5.89 Å². The van der Waals surface area contributed by atoms with Gasteiger partial charge in [0.15, 0.2) is 11.7 Å². The summed E-state index contributed by atoms with van der Waals surface area (Å²) >= 11 is 0. The molecule has 0 radical (unpaired) electrons. The number of carbonyl (C=O) groups excluding carboxylic acids is 2. The number of rotatable bonds is 6. The van der Waals surface area contributed by atoms with Gasteiger partial charge in [-0.1, -0.05) is 60.7 Å². The largest absolute Gasteiger partial charge is 0.449 e. The lowest BCUT2D eigenvalue weighted by Gasteiger charge is -2.15. The standard InChI is InChI=1S/C25H20N2O4/c1-17(30-24(28)16-15-23-26-21-13-7-8-14-22(21)31-23)25(29)27-20-12-6-5-11-19(20)18-9-3-2-4-10-18/h2-17H,1H3,(H,27,29)/b16-15+. The quantitative estimate of drug-likeness (QED) is 0.353. The summed E-state index contributed by atoms with van der Waals surface area (Å²) in [7, 11) is 0. The summed E-state index contributed by atoms with van der Waals surface area (Å²) in [4.78, 5) is 29.0. The molecule has 1 N–H and O–H groups in total. The van der Waals surface area contributed by atoms with E-state index >= 15 is 0 Å². The molecule has 1 atom stereocenters. The van der Waals surface area contributed by atoms with Gasteiger partial charge < -0.3 is 14.5 Å². The zero-order valence-corrected chi connectivity index (χ0v) is 16.8. The lowest BCUT2D eigenvalue weighted by molar-refractivity contribution is -0.148.